The summed E-state index contributed by atoms with van der Waals surface area (Å²) in [4.78, 5) is 4.11. The fourth-order valence-corrected chi connectivity index (χ4v) is 3.49. The lowest BCUT2D eigenvalue weighted by atomic mass is 10.2. The van der Waals surface area contributed by atoms with Crippen molar-refractivity contribution in [3.63, 3.8) is 0 Å². The third kappa shape index (κ3) is 2.59. The summed E-state index contributed by atoms with van der Waals surface area (Å²) in [6, 6.07) is 4.74. The first-order valence-corrected chi connectivity index (χ1v) is 7.33. The fraction of sp³-hybridized carbons (Fsp3) is 0.200. The highest BCUT2D eigenvalue weighted by Gasteiger charge is 2.18. The van der Waals surface area contributed by atoms with E-state index in [2.05, 4.69) is 14.1 Å². The van der Waals surface area contributed by atoms with E-state index in [0.29, 0.717) is 17.1 Å². The number of nitrogens with two attached hydrogens (primary N) is 1. The van der Waals surface area contributed by atoms with Crippen molar-refractivity contribution in [3.8, 4) is 0 Å². The van der Waals surface area contributed by atoms with E-state index in [9.17, 15) is 8.42 Å². The van der Waals surface area contributed by atoms with Crippen molar-refractivity contribution in [2.24, 2.45) is 0 Å². The molecule has 0 saturated heterocycles. The summed E-state index contributed by atoms with van der Waals surface area (Å²) in [5.41, 5.74) is 6.62. The van der Waals surface area contributed by atoms with Crippen molar-refractivity contribution < 1.29 is 8.42 Å². The van der Waals surface area contributed by atoms with Gasteiger partial charge in [0.25, 0.3) is 10.0 Å². The van der Waals surface area contributed by atoms with Crippen LogP contribution in [0.1, 0.15) is 11.4 Å². The molecule has 0 bridgehead atoms. The highest BCUT2D eigenvalue weighted by molar-refractivity contribution is 7.93. The number of sulfonamides is 1. The van der Waals surface area contributed by atoms with E-state index in [-0.39, 0.29) is 10.0 Å². The quantitative estimate of drug-likeness (QED) is 0.833. The molecule has 2 rings (SSSR count). The van der Waals surface area contributed by atoms with Crippen LogP contribution in [0.4, 0.5) is 10.8 Å². The molecule has 0 amide bonds. The van der Waals surface area contributed by atoms with Gasteiger partial charge in [-0.2, -0.15) is 4.37 Å². The van der Waals surface area contributed by atoms with Crippen LogP contribution in [-0.2, 0) is 10.0 Å². The van der Waals surface area contributed by atoms with Gasteiger partial charge in [-0.05, 0) is 31.5 Å². The predicted molar refractivity (Wildman–Crippen MR) is 71.0 cm³/mol. The first-order valence-electron chi connectivity index (χ1n) is 5.08. The lowest BCUT2D eigenvalue weighted by Gasteiger charge is -2.08. The van der Waals surface area contributed by atoms with Gasteiger partial charge in [-0.1, -0.05) is 6.07 Å². The molecule has 0 aliphatic carbocycles. The number of aromatic nitrogens is 2. The molecule has 3 N–H and O–H groups in total. The van der Waals surface area contributed by atoms with E-state index in [4.69, 9.17) is 5.73 Å². The summed E-state index contributed by atoms with van der Waals surface area (Å²) in [5.74, 6) is 0.530. The molecule has 0 unspecified atom stereocenters. The Morgan fingerprint density at radius 1 is 1.33 bits per heavy atom. The Kier molecular flexibility index (Phi) is 3.22. The third-order valence-corrected chi connectivity index (χ3v) is 4.58. The average Bonchev–Trinajstić information content (AvgIpc) is 2.66. The van der Waals surface area contributed by atoms with Gasteiger partial charge in [0.1, 0.15) is 5.82 Å². The summed E-state index contributed by atoms with van der Waals surface area (Å²) >= 11 is 0.998. The van der Waals surface area contributed by atoms with Crippen LogP contribution in [0.15, 0.2) is 23.1 Å². The van der Waals surface area contributed by atoms with E-state index in [1.54, 1.807) is 26.0 Å². The molecule has 1 heterocycles. The van der Waals surface area contributed by atoms with Crippen molar-refractivity contribution in [2.75, 3.05) is 10.5 Å². The van der Waals surface area contributed by atoms with Crippen molar-refractivity contribution in [1.29, 1.82) is 0 Å². The monoisotopic (exact) mass is 284 g/mol. The molecule has 0 saturated carbocycles. The smallest absolute Gasteiger partial charge is 0.264 e. The zero-order chi connectivity index (χ0) is 13.3. The second kappa shape index (κ2) is 4.54. The van der Waals surface area contributed by atoms with Crippen molar-refractivity contribution in [2.45, 2.75) is 18.7 Å². The Bertz CT molecular complexity index is 679. The Balaban J connectivity index is 2.39. The maximum absolute atomic E-state index is 12.2. The maximum atomic E-state index is 12.2. The molecule has 0 fully saturated rings. The normalized spacial score (nSPS) is 11.4. The van der Waals surface area contributed by atoms with Crippen LogP contribution < -0.4 is 10.5 Å². The summed E-state index contributed by atoms with van der Waals surface area (Å²) in [5, 5.41) is 0.245. The van der Waals surface area contributed by atoms with Gasteiger partial charge in [0.2, 0.25) is 5.13 Å². The van der Waals surface area contributed by atoms with Crippen LogP contribution in [0.3, 0.4) is 0 Å². The fourth-order valence-electron chi connectivity index (χ4n) is 1.41. The highest BCUT2D eigenvalue weighted by Crippen LogP contribution is 2.22. The molecule has 2 aromatic rings. The molecule has 0 aliphatic rings. The molecule has 0 radical (unpaired) electrons. The highest BCUT2D eigenvalue weighted by atomic mass is 32.2. The average molecular weight is 284 g/mol. The molecule has 18 heavy (non-hydrogen) atoms. The molecule has 0 spiro atoms. The first kappa shape index (κ1) is 12.8. The number of hydrogen-bond acceptors (Lipinski definition) is 6. The number of rotatable bonds is 3. The third-order valence-electron chi connectivity index (χ3n) is 2.25. The minimum atomic E-state index is -3.68. The lowest BCUT2D eigenvalue weighted by Crippen LogP contribution is -2.14. The summed E-state index contributed by atoms with van der Waals surface area (Å²) in [7, 11) is -3.68. The van der Waals surface area contributed by atoms with Gasteiger partial charge in [-0.3, -0.25) is 4.72 Å². The Morgan fingerprint density at radius 3 is 2.67 bits per heavy atom. The first-order chi connectivity index (χ1) is 8.38. The molecule has 0 atom stereocenters. The molecule has 96 valence electrons. The summed E-state index contributed by atoms with van der Waals surface area (Å²) < 4.78 is 30.6. The zero-order valence-corrected chi connectivity index (χ0v) is 11.5. The Hall–Kier alpha value is -1.67. The number of aryl methyl sites for hydroxylation is 2. The van der Waals surface area contributed by atoms with Gasteiger partial charge >= 0.3 is 0 Å². The molecular formula is C10H12N4O2S2. The van der Waals surface area contributed by atoms with Crippen molar-refractivity contribution in [3.05, 3.63) is 29.6 Å². The number of anilines is 2. The van der Waals surface area contributed by atoms with Crippen LogP contribution in [0.25, 0.3) is 0 Å². The van der Waals surface area contributed by atoms with Crippen LogP contribution in [-0.4, -0.2) is 17.8 Å². The van der Waals surface area contributed by atoms with Gasteiger partial charge in [0.15, 0.2) is 0 Å². The number of nitrogen functional groups attached to an aromatic ring is 1. The molecule has 1 aromatic carbocycles. The largest absolute Gasteiger partial charge is 0.399 e. The second-order valence-corrected chi connectivity index (χ2v) is 6.18. The minimum Gasteiger partial charge on any atom is -0.399 e. The molecule has 6 nitrogen and oxygen atoms in total. The van der Waals surface area contributed by atoms with Gasteiger partial charge in [0, 0.05) is 17.2 Å². The minimum absolute atomic E-state index is 0.148. The molecule has 0 aliphatic heterocycles. The molecule has 1 aromatic heterocycles. The van der Waals surface area contributed by atoms with Gasteiger partial charge in [-0.15, -0.1) is 0 Å². The van der Waals surface area contributed by atoms with Crippen molar-refractivity contribution >= 4 is 32.4 Å². The van der Waals surface area contributed by atoms with E-state index in [0.717, 1.165) is 11.5 Å². The van der Waals surface area contributed by atoms with Crippen LogP contribution in [0, 0.1) is 13.8 Å². The topological polar surface area (TPSA) is 98.0 Å². The number of nitrogens with one attached hydrogen (secondary N) is 1. The summed E-state index contributed by atoms with van der Waals surface area (Å²) in [6.07, 6.45) is 0. The van der Waals surface area contributed by atoms with Gasteiger partial charge in [-0.25, -0.2) is 13.4 Å². The van der Waals surface area contributed by atoms with E-state index < -0.39 is 10.0 Å². The summed E-state index contributed by atoms with van der Waals surface area (Å²) in [6.45, 7) is 3.40. The maximum Gasteiger partial charge on any atom is 0.264 e. The van der Waals surface area contributed by atoms with Crippen LogP contribution >= 0.6 is 11.5 Å². The predicted octanol–water partition coefficient (Wildman–Crippen LogP) is 1.54. The van der Waals surface area contributed by atoms with Crippen molar-refractivity contribution in [1.82, 2.24) is 9.36 Å². The van der Waals surface area contributed by atoms with Gasteiger partial charge in [0.05, 0.1) is 4.90 Å². The van der Waals surface area contributed by atoms with E-state index in [1.165, 1.54) is 6.07 Å². The number of benzene rings is 1. The lowest BCUT2D eigenvalue weighted by molar-refractivity contribution is 0.600. The molecule has 8 heteroatoms. The van der Waals surface area contributed by atoms with Gasteiger partial charge < -0.3 is 5.73 Å². The van der Waals surface area contributed by atoms with Crippen LogP contribution in [0.5, 0.6) is 0 Å². The number of hydrogen-bond donors (Lipinski definition) is 2. The Labute approximate surface area is 109 Å². The SMILES string of the molecule is Cc1nsc(NS(=O)(=O)c2cc(N)ccc2C)n1. The zero-order valence-electron chi connectivity index (χ0n) is 9.84. The molecular weight excluding hydrogens is 272 g/mol. The van der Waals surface area contributed by atoms with E-state index in [1.807, 2.05) is 0 Å². The Morgan fingerprint density at radius 2 is 2.06 bits per heavy atom. The van der Waals surface area contributed by atoms with E-state index >= 15 is 0 Å². The standard InChI is InChI=1S/C10H12N4O2S2/c1-6-3-4-8(11)5-9(6)18(15,16)14-10-12-7(2)13-17-10/h3-5H,11H2,1-2H3,(H,12,13,14). The second-order valence-electron chi connectivity index (χ2n) is 3.78. The van der Waals surface area contributed by atoms with Crippen LogP contribution in [0.2, 0.25) is 0 Å². The number of nitrogens with zero attached hydrogens (tertiary/aromatic N) is 2.